The number of carbonyl (C=O) groups excluding carboxylic acids is 1. The molecule has 132 valence electrons. The average Bonchev–Trinajstić information content (AvgIpc) is 3.13. The molecule has 0 unspecified atom stereocenters. The fourth-order valence-corrected chi connectivity index (χ4v) is 2.81. The molecule has 0 aliphatic heterocycles. The number of rotatable bonds is 4. The van der Waals surface area contributed by atoms with Gasteiger partial charge in [0.25, 0.3) is 5.91 Å². The van der Waals surface area contributed by atoms with Gasteiger partial charge in [0.1, 0.15) is 5.56 Å². The van der Waals surface area contributed by atoms with E-state index in [1.807, 2.05) is 18.2 Å². The molecule has 0 aliphatic rings. The number of amides is 1. The number of benzene rings is 2. The molecule has 2 N–H and O–H groups in total. The smallest absolute Gasteiger partial charge is 0.341 e. The van der Waals surface area contributed by atoms with Crippen LogP contribution in [0.1, 0.15) is 20.7 Å². The minimum absolute atomic E-state index is 0.0328. The first-order chi connectivity index (χ1) is 13.1. The van der Waals surface area contributed by atoms with Crippen LogP contribution in [-0.4, -0.2) is 31.6 Å². The standard InChI is InChI=1S/C20H14N4O3/c25-19(13-5-2-1-3-6-13)23-15-8-4-7-14(11-15)17-9-10-21-18-16(20(26)27)12-22-24(17)18/h1-12H,(H,23,25)(H,26,27). The maximum absolute atomic E-state index is 12.3. The lowest BCUT2D eigenvalue weighted by Gasteiger charge is -2.09. The molecule has 1 amide bonds. The van der Waals surface area contributed by atoms with Crippen molar-refractivity contribution in [1.29, 1.82) is 0 Å². The lowest BCUT2D eigenvalue weighted by Crippen LogP contribution is -2.11. The highest BCUT2D eigenvalue weighted by Crippen LogP contribution is 2.24. The first kappa shape index (κ1) is 16.5. The van der Waals surface area contributed by atoms with E-state index in [2.05, 4.69) is 15.4 Å². The molecule has 27 heavy (non-hydrogen) atoms. The summed E-state index contributed by atoms with van der Waals surface area (Å²) in [6.45, 7) is 0. The second kappa shape index (κ2) is 6.72. The molecule has 7 heteroatoms. The van der Waals surface area contributed by atoms with E-state index in [1.54, 1.807) is 42.5 Å². The van der Waals surface area contributed by atoms with Crippen LogP contribution in [0.15, 0.2) is 73.1 Å². The van der Waals surface area contributed by atoms with E-state index < -0.39 is 5.97 Å². The molecule has 0 radical (unpaired) electrons. The Morgan fingerprint density at radius 3 is 2.59 bits per heavy atom. The van der Waals surface area contributed by atoms with Crippen LogP contribution in [0.3, 0.4) is 0 Å². The first-order valence-corrected chi connectivity index (χ1v) is 8.16. The number of fused-ring (bicyclic) bond motifs is 1. The normalized spacial score (nSPS) is 10.7. The van der Waals surface area contributed by atoms with Gasteiger partial charge in [-0.05, 0) is 30.3 Å². The zero-order valence-electron chi connectivity index (χ0n) is 14.0. The van der Waals surface area contributed by atoms with Gasteiger partial charge >= 0.3 is 5.97 Å². The van der Waals surface area contributed by atoms with Gasteiger partial charge in [-0.2, -0.15) is 5.10 Å². The molecule has 4 aromatic rings. The number of carbonyl (C=O) groups is 2. The van der Waals surface area contributed by atoms with Crippen molar-refractivity contribution >= 4 is 23.2 Å². The molecule has 0 spiro atoms. The molecule has 4 rings (SSSR count). The number of carboxylic acid groups (broad SMARTS) is 1. The molecule has 0 atom stereocenters. The van der Waals surface area contributed by atoms with Gasteiger partial charge in [0.15, 0.2) is 5.65 Å². The van der Waals surface area contributed by atoms with Crippen LogP contribution in [0.4, 0.5) is 5.69 Å². The third-order valence-corrected chi connectivity index (χ3v) is 4.08. The molecular formula is C20H14N4O3. The number of hydrogen-bond acceptors (Lipinski definition) is 4. The summed E-state index contributed by atoms with van der Waals surface area (Å²) in [5, 5.41) is 16.2. The Bertz CT molecular complexity index is 1150. The summed E-state index contributed by atoms with van der Waals surface area (Å²) in [7, 11) is 0. The quantitative estimate of drug-likeness (QED) is 0.583. The summed E-state index contributed by atoms with van der Waals surface area (Å²) in [5.74, 6) is -1.29. The molecule has 2 aromatic heterocycles. The second-order valence-corrected chi connectivity index (χ2v) is 5.83. The number of aromatic carboxylic acids is 1. The highest BCUT2D eigenvalue weighted by molar-refractivity contribution is 6.04. The molecule has 0 bridgehead atoms. The summed E-state index contributed by atoms with van der Waals surface area (Å²) >= 11 is 0. The first-order valence-electron chi connectivity index (χ1n) is 8.16. The number of nitrogens with one attached hydrogen (secondary N) is 1. The number of aromatic nitrogens is 3. The summed E-state index contributed by atoms with van der Waals surface area (Å²) in [4.78, 5) is 27.8. The van der Waals surface area contributed by atoms with E-state index in [4.69, 9.17) is 0 Å². The minimum atomic E-state index is -1.08. The Kier molecular flexibility index (Phi) is 4.10. The van der Waals surface area contributed by atoms with Gasteiger partial charge in [0.2, 0.25) is 0 Å². The lowest BCUT2D eigenvalue weighted by molar-refractivity contribution is 0.0698. The molecule has 0 fully saturated rings. The highest BCUT2D eigenvalue weighted by atomic mass is 16.4. The maximum atomic E-state index is 12.3. The van der Waals surface area contributed by atoms with Crippen molar-refractivity contribution in [3.05, 3.63) is 84.2 Å². The van der Waals surface area contributed by atoms with Crippen molar-refractivity contribution in [2.45, 2.75) is 0 Å². The molecule has 0 saturated carbocycles. The lowest BCUT2D eigenvalue weighted by atomic mass is 10.1. The van der Waals surface area contributed by atoms with Crippen LogP contribution in [0.5, 0.6) is 0 Å². The van der Waals surface area contributed by atoms with Gasteiger partial charge < -0.3 is 10.4 Å². The Morgan fingerprint density at radius 2 is 1.81 bits per heavy atom. The fraction of sp³-hybridized carbons (Fsp3) is 0. The zero-order valence-corrected chi connectivity index (χ0v) is 14.0. The van der Waals surface area contributed by atoms with Crippen molar-refractivity contribution in [1.82, 2.24) is 14.6 Å². The molecular weight excluding hydrogens is 344 g/mol. The van der Waals surface area contributed by atoms with E-state index in [-0.39, 0.29) is 17.1 Å². The Hall–Kier alpha value is -4.00. The molecule has 0 saturated heterocycles. The van der Waals surface area contributed by atoms with Gasteiger partial charge in [-0.15, -0.1) is 0 Å². The topological polar surface area (TPSA) is 96.6 Å². The molecule has 0 aliphatic carbocycles. The molecule has 7 nitrogen and oxygen atoms in total. The van der Waals surface area contributed by atoms with Gasteiger partial charge in [0, 0.05) is 23.0 Å². The van der Waals surface area contributed by atoms with Crippen LogP contribution < -0.4 is 5.32 Å². The SMILES string of the molecule is O=C(Nc1cccc(-c2ccnc3c(C(=O)O)cnn23)c1)c1ccccc1. The third-order valence-electron chi connectivity index (χ3n) is 4.08. The van der Waals surface area contributed by atoms with Crippen molar-refractivity contribution in [2.75, 3.05) is 5.32 Å². The summed E-state index contributed by atoms with van der Waals surface area (Å²) in [6.07, 6.45) is 2.81. The Labute approximate surface area is 153 Å². The van der Waals surface area contributed by atoms with E-state index in [0.717, 1.165) is 5.56 Å². The number of nitrogens with zero attached hydrogens (tertiary/aromatic N) is 3. The predicted molar refractivity (Wildman–Crippen MR) is 99.8 cm³/mol. The van der Waals surface area contributed by atoms with Crippen molar-refractivity contribution in [3.63, 3.8) is 0 Å². The van der Waals surface area contributed by atoms with Crippen LogP contribution in [0.2, 0.25) is 0 Å². The minimum Gasteiger partial charge on any atom is -0.477 e. The Morgan fingerprint density at radius 1 is 1.00 bits per heavy atom. The van der Waals surface area contributed by atoms with Gasteiger partial charge in [-0.1, -0.05) is 30.3 Å². The van der Waals surface area contributed by atoms with Crippen molar-refractivity contribution in [3.8, 4) is 11.3 Å². The van der Waals surface area contributed by atoms with E-state index in [1.165, 1.54) is 16.9 Å². The van der Waals surface area contributed by atoms with E-state index in [9.17, 15) is 14.7 Å². The number of carboxylic acids is 1. The van der Waals surface area contributed by atoms with Crippen molar-refractivity contribution < 1.29 is 14.7 Å². The predicted octanol–water partition coefficient (Wildman–Crippen LogP) is 3.35. The van der Waals surface area contributed by atoms with Gasteiger partial charge in [-0.3, -0.25) is 4.79 Å². The largest absolute Gasteiger partial charge is 0.477 e. The fourth-order valence-electron chi connectivity index (χ4n) is 2.81. The van der Waals surface area contributed by atoms with Crippen LogP contribution in [0.25, 0.3) is 16.9 Å². The van der Waals surface area contributed by atoms with Crippen molar-refractivity contribution in [2.24, 2.45) is 0 Å². The summed E-state index contributed by atoms with van der Waals surface area (Å²) in [5.41, 5.74) is 2.92. The van der Waals surface area contributed by atoms with E-state index >= 15 is 0 Å². The van der Waals surface area contributed by atoms with E-state index in [0.29, 0.717) is 16.9 Å². The molecule has 2 aromatic carbocycles. The van der Waals surface area contributed by atoms with Crippen LogP contribution in [0, 0.1) is 0 Å². The van der Waals surface area contributed by atoms with Gasteiger partial charge in [-0.25, -0.2) is 14.3 Å². The monoisotopic (exact) mass is 358 g/mol. The summed E-state index contributed by atoms with van der Waals surface area (Å²) < 4.78 is 1.47. The number of hydrogen-bond donors (Lipinski definition) is 2. The average molecular weight is 358 g/mol. The number of anilines is 1. The van der Waals surface area contributed by atoms with Crippen LogP contribution in [-0.2, 0) is 0 Å². The highest BCUT2D eigenvalue weighted by Gasteiger charge is 2.15. The second-order valence-electron chi connectivity index (χ2n) is 5.83. The third kappa shape index (κ3) is 3.13. The Balaban J connectivity index is 1.70. The van der Waals surface area contributed by atoms with Crippen LogP contribution >= 0.6 is 0 Å². The molecule has 2 heterocycles. The van der Waals surface area contributed by atoms with Gasteiger partial charge in [0.05, 0.1) is 11.9 Å². The maximum Gasteiger partial charge on any atom is 0.341 e. The zero-order chi connectivity index (χ0) is 18.8. The summed E-state index contributed by atoms with van der Waals surface area (Å²) in [6, 6.07) is 17.9.